The number of ether oxygens (including phenoxy) is 1. The zero-order valence-corrected chi connectivity index (χ0v) is 17.2. The number of para-hydroxylation sites is 1. The number of sulfonamides is 1. The van der Waals surface area contributed by atoms with Crippen molar-refractivity contribution in [2.24, 2.45) is 0 Å². The lowest BCUT2D eigenvalue weighted by Crippen LogP contribution is -2.23. The van der Waals surface area contributed by atoms with Gasteiger partial charge in [-0.05, 0) is 46.3 Å². The fourth-order valence-electron chi connectivity index (χ4n) is 2.48. The van der Waals surface area contributed by atoms with E-state index >= 15 is 0 Å². The van der Waals surface area contributed by atoms with E-state index in [-0.39, 0.29) is 16.4 Å². The summed E-state index contributed by atoms with van der Waals surface area (Å²) in [7, 11) is 0.488. The fourth-order valence-corrected chi connectivity index (χ4v) is 4.02. The molecule has 2 aromatic carbocycles. The summed E-state index contributed by atoms with van der Waals surface area (Å²) in [6.45, 7) is 0. The molecule has 0 aliphatic heterocycles. The predicted octanol–water partition coefficient (Wildman–Crippen LogP) is 3.71. The van der Waals surface area contributed by atoms with E-state index in [9.17, 15) is 13.2 Å². The average molecular weight is 453 g/mol. The summed E-state index contributed by atoms with van der Waals surface area (Å²) < 4.78 is 37.5. The molecule has 0 aliphatic rings. The molecule has 0 saturated heterocycles. The van der Waals surface area contributed by atoms with Gasteiger partial charge in [0.05, 0.1) is 11.6 Å². The van der Waals surface area contributed by atoms with Gasteiger partial charge in [0.1, 0.15) is 16.2 Å². The molecule has 0 atom stereocenters. The van der Waals surface area contributed by atoms with Gasteiger partial charge in [0.2, 0.25) is 10.0 Å². The molecule has 3 aromatic rings. The Bertz CT molecular complexity index is 1120. The summed E-state index contributed by atoms with van der Waals surface area (Å²) >= 11 is 3.38. The zero-order valence-electron chi connectivity index (χ0n) is 14.8. The number of methoxy groups -OCH3 is 1. The Hall–Kier alpha value is -2.36. The van der Waals surface area contributed by atoms with Gasteiger partial charge < -0.3 is 14.5 Å². The Morgan fingerprint density at radius 2 is 1.93 bits per heavy atom. The molecule has 0 radical (unpaired) electrons. The lowest BCUT2D eigenvalue weighted by molar-refractivity contribution is 0.0998. The highest BCUT2D eigenvalue weighted by Crippen LogP contribution is 2.30. The number of anilines is 1. The van der Waals surface area contributed by atoms with Crippen molar-refractivity contribution in [2.75, 3.05) is 26.5 Å². The maximum absolute atomic E-state index is 12.5. The fraction of sp³-hybridized carbons (Fsp3) is 0.167. The number of hydrogen-bond donors (Lipinski definition) is 1. The summed E-state index contributed by atoms with van der Waals surface area (Å²) in [4.78, 5) is 12.5. The van der Waals surface area contributed by atoms with Crippen LogP contribution in [0, 0.1) is 0 Å². The van der Waals surface area contributed by atoms with Crippen LogP contribution in [-0.4, -0.2) is 39.8 Å². The van der Waals surface area contributed by atoms with Crippen LogP contribution in [0.5, 0.6) is 5.75 Å². The van der Waals surface area contributed by atoms with Gasteiger partial charge in [0.25, 0.3) is 5.91 Å². The van der Waals surface area contributed by atoms with Crippen LogP contribution in [0.15, 0.2) is 56.2 Å². The smallest absolute Gasteiger partial charge is 0.291 e. The largest absolute Gasteiger partial charge is 0.495 e. The van der Waals surface area contributed by atoms with Gasteiger partial charge in [0.15, 0.2) is 5.76 Å². The van der Waals surface area contributed by atoms with Gasteiger partial charge in [-0.2, -0.15) is 0 Å². The number of carbonyl (C=O) groups excluding carboxylic acids is 1. The predicted molar refractivity (Wildman–Crippen MR) is 106 cm³/mol. The van der Waals surface area contributed by atoms with Crippen molar-refractivity contribution in [2.45, 2.75) is 4.90 Å². The first-order chi connectivity index (χ1) is 12.7. The first-order valence-electron chi connectivity index (χ1n) is 7.84. The molecule has 9 heteroatoms. The van der Waals surface area contributed by atoms with Crippen LogP contribution >= 0.6 is 15.9 Å². The molecule has 0 saturated carbocycles. The van der Waals surface area contributed by atoms with E-state index in [4.69, 9.17) is 9.15 Å². The Kier molecular flexibility index (Phi) is 5.27. The summed E-state index contributed by atoms with van der Waals surface area (Å²) in [6, 6.07) is 11.5. The maximum atomic E-state index is 12.5. The van der Waals surface area contributed by atoms with Crippen LogP contribution in [0.25, 0.3) is 11.0 Å². The van der Waals surface area contributed by atoms with Gasteiger partial charge in [-0.25, -0.2) is 12.7 Å². The lowest BCUT2D eigenvalue weighted by Gasteiger charge is -2.15. The van der Waals surface area contributed by atoms with Crippen molar-refractivity contribution in [3.8, 4) is 5.75 Å². The number of benzene rings is 2. The van der Waals surface area contributed by atoms with Gasteiger partial charge in [-0.3, -0.25) is 4.79 Å². The highest BCUT2D eigenvalue weighted by atomic mass is 79.9. The first kappa shape index (κ1) is 19.4. The van der Waals surface area contributed by atoms with Crippen LogP contribution in [0.2, 0.25) is 0 Å². The third kappa shape index (κ3) is 3.71. The molecule has 1 aromatic heterocycles. The molecule has 142 valence electrons. The monoisotopic (exact) mass is 452 g/mol. The Labute approximate surface area is 165 Å². The van der Waals surface area contributed by atoms with E-state index < -0.39 is 15.9 Å². The van der Waals surface area contributed by atoms with Crippen LogP contribution < -0.4 is 10.1 Å². The molecule has 27 heavy (non-hydrogen) atoms. The van der Waals surface area contributed by atoms with Crippen molar-refractivity contribution in [3.05, 3.63) is 52.7 Å². The van der Waals surface area contributed by atoms with Gasteiger partial charge in [0, 0.05) is 25.2 Å². The van der Waals surface area contributed by atoms with E-state index in [0.29, 0.717) is 11.3 Å². The molecular weight excluding hydrogens is 436 g/mol. The highest BCUT2D eigenvalue weighted by Gasteiger charge is 2.23. The quantitative estimate of drug-likeness (QED) is 0.637. The molecule has 0 unspecified atom stereocenters. The van der Waals surface area contributed by atoms with E-state index in [2.05, 4.69) is 21.2 Å². The van der Waals surface area contributed by atoms with Gasteiger partial charge >= 0.3 is 0 Å². The molecule has 0 spiro atoms. The number of halogens is 1. The Balaban J connectivity index is 1.95. The molecule has 3 rings (SSSR count). The summed E-state index contributed by atoms with van der Waals surface area (Å²) in [5, 5.41) is 3.43. The molecule has 1 heterocycles. The number of fused-ring (bicyclic) bond motifs is 1. The summed E-state index contributed by atoms with van der Waals surface area (Å²) in [5.41, 5.74) is 0.869. The van der Waals surface area contributed by atoms with Crippen LogP contribution in [-0.2, 0) is 10.0 Å². The number of hydrogen-bond acceptors (Lipinski definition) is 5. The summed E-state index contributed by atoms with van der Waals surface area (Å²) in [6.07, 6.45) is 0. The summed E-state index contributed by atoms with van der Waals surface area (Å²) in [5.74, 6) is -0.185. The molecule has 0 bridgehead atoms. The van der Waals surface area contributed by atoms with Crippen LogP contribution in [0.3, 0.4) is 0 Å². The Morgan fingerprint density at radius 1 is 1.19 bits per heavy atom. The second-order valence-corrected chi connectivity index (χ2v) is 8.85. The lowest BCUT2D eigenvalue weighted by atomic mass is 10.2. The van der Waals surface area contributed by atoms with Crippen molar-refractivity contribution in [1.82, 2.24) is 4.31 Å². The van der Waals surface area contributed by atoms with Crippen LogP contribution in [0.1, 0.15) is 10.6 Å². The average Bonchev–Trinajstić information content (AvgIpc) is 3.07. The van der Waals surface area contributed by atoms with E-state index in [1.165, 1.54) is 33.3 Å². The van der Waals surface area contributed by atoms with E-state index in [1.807, 2.05) is 18.2 Å². The Morgan fingerprint density at radius 3 is 2.56 bits per heavy atom. The second-order valence-electron chi connectivity index (χ2n) is 5.88. The zero-order chi connectivity index (χ0) is 19.8. The first-order valence-corrected chi connectivity index (χ1v) is 10.1. The SMILES string of the molecule is COc1ccc(NC(=O)c2cc3cccc(Br)c3o2)cc1S(=O)(=O)N(C)C. The number of amides is 1. The number of carbonyl (C=O) groups is 1. The minimum absolute atomic E-state index is 0.0415. The molecule has 1 N–H and O–H groups in total. The van der Waals surface area contributed by atoms with Gasteiger partial charge in [-0.15, -0.1) is 0 Å². The van der Waals surface area contributed by atoms with Crippen LogP contribution in [0.4, 0.5) is 5.69 Å². The van der Waals surface area contributed by atoms with Crippen molar-refractivity contribution in [1.29, 1.82) is 0 Å². The molecule has 7 nitrogen and oxygen atoms in total. The number of furan rings is 1. The topological polar surface area (TPSA) is 88.8 Å². The second kappa shape index (κ2) is 7.34. The van der Waals surface area contributed by atoms with Gasteiger partial charge in [-0.1, -0.05) is 12.1 Å². The molecular formula is C18H17BrN2O5S. The third-order valence-electron chi connectivity index (χ3n) is 3.90. The normalized spacial score (nSPS) is 11.7. The van der Waals surface area contributed by atoms with E-state index in [0.717, 1.165) is 14.2 Å². The minimum Gasteiger partial charge on any atom is -0.495 e. The highest BCUT2D eigenvalue weighted by molar-refractivity contribution is 9.10. The van der Waals surface area contributed by atoms with Crippen molar-refractivity contribution >= 4 is 48.5 Å². The van der Waals surface area contributed by atoms with Crippen molar-refractivity contribution < 1.29 is 22.4 Å². The number of nitrogens with zero attached hydrogens (tertiary/aromatic N) is 1. The molecule has 1 amide bonds. The van der Waals surface area contributed by atoms with E-state index in [1.54, 1.807) is 12.1 Å². The molecule has 0 aliphatic carbocycles. The minimum atomic E-state index is -3.74. The number of nitrogens with one attached hydrogen (secondary N) is 1. The third-order valence-corrected chi connectivity index (χ3v) is 6.36. The maximum Gasteiger partial charge on any atom is 0.291 e. The standard InChI is InChI=1S/C18H17BrN2O5S/c1-21(2)27(23,24)16-10-12(7-8-14(16)25-3)20-18(22)15-9-11-5-4-6-13(19)17(11)26-15/h4-10H,1-3H3,(H,20,22). The molecule has 0 fully saturated rings. The van der Waals surface area contributed by atoms with Crippen molar-refractivity contribution in [3.63, 3.8) is 0 Å². The number of rotatable bonds is 5.